The molecule has 4 rings (SSSR count). The number of hydrogen-bond acceptors (Lipinski definition) is 4. The van der Waals surface area contributed by atoms with E-state index in [1.165, 1.54) is 37.5 Å². The van der Waals surface area contributed by atoms with Crippen LogP contribution in [-0.2, 0) is 0 Å². The van der Waals surface area contributed by atoms with Gasteiger partial charge in [-0.1, -0.05) is 44.2 Å². The highest BCUT2D eigenvalue weighted by Gasteiger charge is 2.17. The second-order valence-electron chi connectivity index (χ2n) is 7.66. The summed E-state index contributed by atoms with van der Waals surface area (Å²) in [6.07, 6.45) is 15.1. The number of benzene rings is 1. The van der Waals surface area contributed by atoms with E-state index < -0.39 is 0 Å². The van der Waals surface area contributed by atoms with Gasteiger partial charge in [0, 0.05) is 35.6 Å². The van der Waals surface area contributed by atoms with Crippen LogP contribution in [0.2, 0.25) is 0 Å². The Bertz CT molecular complexity index is 889. The van der Waals surface area contributed by atoms with Gasteiger partial charge in [0.25, 0.3) is 0 Å². The molecule has 27 heavy (non-hydrogen) atoms. The first-order chi connectivity index (χ1) is 13.3. The van der Waals surface area contributed by atoms with Crippen LogP contribution in [0.25, 0.3) is 21.9 Å². The Morgan fingerprint density at radius 1 is 0.926 bits per heavy atom. The molecule has 0 unspecified atom stereocenters. The topological polar surface area (TPSA) is 61.0 Å². The van der Waals surface area contributed by atoms with Crippen molar-refractivity contribution in [2.24, 2.45) is 11.7 Å². The smallest absolute Gasteiger partial charge is 0.138 e. The van der Waals surface area contributed by atoms with Crippen molar-refractivity contribution in [3.05, 3.63) is 55.1 Å². The third-order valence-corrected chi connectivity index (χ3v) is 5.51. The number of nitrogens with zero attached hydrogens (tertiary/aromatic N) is 2. The molecule has 0 amide bonds. The van der Waals surface area contributed by atoms with Crippen LogP contribution in [0, 0.1) is 5.92 Å². The molecule has 0 saturated heterocycles. The summed E-state index contributed by atoms with van der Waals surface area (Å²) >= 11 is 0. The molecule has 1 fully saturated rings. The second kappa shape index (κ2) is 8.49. The first-order valence-corrected chi connectivity index (χ1v) is 9.95. The van der Waals surface area contributed by atoms with Gasteiger partial charge in [-0.3, -0.25) is 9.97 Å². The molecule has 140 valence electrons. The molecular formula is C23H27N3O. The normalized spacial score (nSPS) is 16.3. The highest BCUT2D eigenvalue weighted by Crippen LogP contribution is 2.28. The summed E-state index contributed by atoms with van der Waals surface area (Å²) in [7, 11) is 0. The molecule has 1 saturated carbocycles. The van der Waals surface area contributed by atoms with Crippen molar-refractivity contribution in [3.63, 3.8) is 0 Å². The lowest BCUT2D eigenvalue weighted by molar-refractivity contribution is 0.243. The van der Waals surface area contributed by atoms with E-state index >= 15 is 0 Å². The Hall–Kier alpha value is -2.46. The predicted molar refractivity (Wildman–Crippen MR) is 110 cm³/mol. The van der Waals surface area contributed by atoms with E-state index in [1.807, 2.05) is 30.7 Å². The molecule has 2 heterocycles. The monoisotopic (exact) mass is 361 g/mol. The van der Waals surface area contributed by atoms with E-state index in [4.69, 9.17) is 10.5 Å². The van der Waals surface area contributed by atoms with E-state index in [2.05, 4.69) is 28.2 Å². The molecule has 1 aromatic carbocycles. The molecule has 1 aliphatic carbocycles. The molecule has 4 heteroatoms. The average molecular weight is 361 g/mol. The molecule has 1 aliphatic rings. The molecule has 0 radical (unpaired) electrons. The van der Waals surface area contributed by atoms with Gasteiger partial charge in [-0.25, -0.2) is 0 Å². The lowest BCUT2D eigenvalue weighted by atomic mass is 9.85. The zero-order chi connectivity index (χ0) is 18.5. The Labute approximate surface area is 160 Å². The number of rotatable bonds is 6. The van der Waals surface area contributed by atoms with Crippen LogP contribution in [0.4, 0.5) is 0 Å². The largest absolute Gasteiger partial charge is 0.490 e. The summed E-state index contributed by atoms with van der Waals surface area (Å²) in [6.45, 7) is 0.547. The van der Waals surface area contributed by atoms with Crippen molar-refractivity contribution in [2.45, 2.75) is 44.6 Å². The van der Waals surface area contributed by atoms with E-state index in [0.717, 1.165) is 34.6 Å². The fourth-order valence-electron chi connectivity index (χ4n) is 4.04. The number of hydrogen-bond donors (Lipinski definition) is 1. The fraction of sp³-hybridized carbons (Fsp3) is 0.391. The fourth-order valence-corrected chi connectivity index (χ4v) is 4.04. The Kier molecular flexibility index (Phi) is 5.64. The van der Waals surface area contributed by atoms with E-state index in [0.29, 0.717) is 6.61 Å². The van der Waals surface area contributed by atoms with Crippen molar-refractivity contribution in [3.8, 4) is 16.9 Å². The Morgan fingerprint density at radius 2 is 1.81 bits per heavy atom. The molecule has 2 N–H and O–H groups in total. The molecule has 1 atom stereocenters. The van der Waals surface area contributed by atoms with E-state index in [-0.39, 0.29) is 6.04 Å². The van der Waals surface area contributed by atoms with Crippen LogP contribution in [0.3, 0.4) is 0 Å². The summed E-state index contributed by atoms with van der Waals surface area (Å²) < 4.78 is 5.96. The first-order valence-electron chi connectivity index (χ1n) is 9.95. The van der Waals surface area contributed by atoms with Crippen molar-refractivity contribution >= 4 is 10.8 Å². The average Bonchev–Trinajstić information content (AvgIpc) is 2.73. The van der Waals surface area contributed by atoms with Gasteiger partial charge in [-0.05, 0) is 41.5 Å². The SMILES string of the molecule is N[C@H](COc1cncc(-c2ccc3cnccc3c2)c1)CC1CCCCC1. The van der Waals surface area contributed by atoms with Crippen molar-refractivity contribution in [2.75, 3.05) is 6.61 Å². The van der Waals surface area contributed by atoms with Gasteiger partial charge in [0.15, 0.2) is 0 Å². The first kappa shape index (κ1) is 17.9. The van der Waals surface area contributed by atoms with Gasteiger partial charge in [0.05, 0.1) is 6.20 Å². The van der Waals surface area contributed by atoms with Gasteiger partial charge >= 0.3 is 0 Å². The Morgan fingerprint density at radius 3 is 2.70 bits per heavy atom. The standard InChI is InChI=1S/C23H27N3O/c24-22(10-17-4-2-1-3-5-17)16-27-23-12-21(14-26-15-23)18-6-7-20-13-25-9-8-19(20)11-18/h6-9,11-15,17,22H,1-5,10,16,24H2/t22-/m0/s1. The van der Waals surface area contributed by atoms with Crippen LogP contribution in [0.15, 0.2) is 55.1 Å². The van der Waals surface area contributed by atoms with Crippen LogP contribution in [0.1, 0.15) is 38.5 Å². The minimum atomic E-state index is 0.0879. The number of ether oxygens (including phenoxy) is 1. The molecular weight excluding hydrogens is 334 g/mol. The lowest BCUT2D eigenvalue weighted by Crippen LogP contribution is -2.31. The molecule has 0 aliphatic heterocycles. The maximum atomic E-state index is 6.31. The zero-order valence-electron chi connectivity index (χ0n) is 15.7. The van der Waals surface area contributed by atoms with Crippen LogP contribution in [0.5, 0.6) is 5.75 Å². The molecule has 0 bridgehead atoms. The molecule has 2 aromatic heterocycles. The highest BCUT2D eigenvalue weighted by atomic mass is 16.5. The van der Waals surface area contributed by atoms with Crippen LogP contribution in [-0.4, -0.2) is 22.6 Å². The van der Waals surface area contributed by atoms with Gasteiger partial charge in [-0.15, -0.1) is 0 Å². The maximum Gasteiger partial charge on any atom is 0.138 e. The number of pyridine rings is 2. The van der Waals surface area contributed by atoms with Crippen molar-refractivity contribution < 1.29 is 4.74 Å². The lowest BCUT2D eigenvalue weighted by Gasteiger charge is -2.24. The predicted octanol–water partition coefficient (Wildman–Crippen LogP) is 4.97. The molecule has 4 nitrogen and oxygen atoms in total. The van der Waals surface area contributed by atoms with Crippen LogP contribution >= 0.6 is 0 Å². The minimum absolute atomic E-state index is 0.0879. The van der Waals surface area contributed by atoms with E-state index in [1.54, 1.807) is 6.20 Å². The quantitative estimate of drug-likeness (QED) is 0.673. The van der Waals surface area contributed by atoms with Gasteiger partial charge in [-0.2, -0.15) is 0 Å². The molecule has 0 spiro atoms. The van der Waals surface area contributed by atoms with Gasteiger partial charge in [0.1, 0.15) is 12.4 Å². The molecule has 3 aromatic rings. The number of nitrogens with two attached hydrogens (primary N) is 1. The van der Waals surface area contributed by atoms with Crippen molar-refractivity contribution in [1.29, 1.82) is 0 Å². The summed E-state index contributed by atoms with van der Waals surface area (Å²) in [5, 5.41) is 2.30. The number of fused-ring (bicyclic) bond motifs is 1. The summed E-state index contributed by atoms with van der Waals surface area (Å²) in [5.41, 5.74) is 8.48. The van der Waals surface area contributed by atoms with Crippen molar-refractivity contribution in [1.82, 2.24) is 9.97 Å². The summed E-state index contributed by atoms with van der Waals surface area (Å²) in [4.78, 5) is 8.52. The minimum Gasteiger partial charge on any atom is -0.490 e. The summed E-state index contributed by atoms with van der Waals surface area (Å²) in [6, 6.07) is 10.5. The summed E-state index contributed by atoms with van der Waals surface area (Å²) in [5.74, 6) is 1.55. The maximum absolute atomic E-state index is 6.31. The number of aromatic nitrogens is 2. The third kappa shape index (κ3) is 4.64. The Balaban J connectivity index is 1.40. The van der Waals surface area contributed by atoms with Gasteiger partial charge in [0.2, 0.25) is 0 Å². The van der Waals surface area contributed by atoms with E-state index in [9.17, 15) is 0 Å². The second-order valence-corrected chi connectivity index (χ2v) is 7.66. The third-order valence-electron chi connectivity index (χ3n) is 5.51. The van der Waals surface area contributed by atoms with Crippen LogP contribution < -0.4 is 10.5 Å². The van der Waals surface area contributed by atoms with Gasteiger partial charge < -0.3 is 10.5 Å². The highest BCUT2D eigenvalue weighted by molar-refractivity contribution is 5.86. The zero-order valence-corrected chi connectivity index (χ0v) is 15.7.